The van der Waals surface area contributed by atoms with Crippen molar-refractivity contribution in [2.45, 2.75) is 52.6 Å². The van der Waals surface area contributed by atoms with Crippen molar-refractivity contribution < 1.29 is 19.3 Å². The summed E-state index contributed by atoms with van der Waals surface area (Å²) in [6, 6.07) is 3.84. The molecule has 2 bridgehead atoms. The minimum absolute atomic E-state index is 0.121. The van der Waals surface area contributed by atoms with E-state index in [2.05, 4.69) is 20.8 Å². The smallest absolute Gasteiger partial charge is 0.282 e. The number of methoxy groups -OCH3 is 2. The third-order valence-electron chi connectivity index (χ3n) is 5.87. The van der Waals surface area contributed by atoms with Crippen LogP contribution in [0.25, 0.3) is 0 Å². The van der Waals surface area contributed by atoms with Crippen LogP contribution in [0.1, 0.15) is 45.6 Å². The van der Waals surface area contributed by atoms with Crippen LogP contribution in [-0.4, -0.2) is 31.7 Å². The van der Waals surface area contributed by atoms with E-state index in [1.807, 2.05) is 0 Å². The number of rotatable bonds is 5. The second-order valence-corrected chi connectivity index (χ2v) is 8.86. The number of fused-ring (bicyclic) bond motifs is 2. The predicted octanol–water partition coefficient (Wildman–Crippen LogP) is 2.60. The van der Waals surface area contributed by atoms with Crippen LogP contribution in [-0.2, 0) is 6.54 Å². The summed E-state index contributed by atoms with van der Waals surface area (Å²) in [5, 5.41) is 11.6. The minimum atomic E-state index is -0.315. The van der Waals surface area contributed by atoms with Gasteiger partial charge < -0.3 is 14.4 Å². The van der Waals surface area contributed by atoms with E-state index in [1.54, 1.807) is 13.2 Å². The summed E-state index contributed by atoms with van der Waals surface area (Å²) in [4.78, 5) is 12.7. The van der Waals surface area contributed by atoms with E-state index in [-0.39, 0.29) is 10.6 Å². The van der Waals surface area contributed by atoms with Crippen LogP contribution in [0.5, 0.6) is 11.5 Å². The van der Waals surface area contributed by atoms with Crippen molar-refractivity contribution in [3.8, 4) is 11.5 Å². The Morgan fingerprint density at radius 2 is 1.84 bits per heavy atom. The van der Waals surface area contributed by atoms with Crippen molar-refractivity contribution in [1.29, 1.82) is 0 Å². The number of hydrogen-bond donors (Lipinski definition) is 1. The SMILES string of the molecule is COc1cc(C[NH+]2C[C@@]3(C)C[C@H]2CC(C)(C)C3)c([N+](=O)[O-])cc1OC. The molecule has 3 rings (SSSR count). The average molecular weight is 349 g/mol. The summed E-state index contributed by atoms with van der Waals surface area (Å²) >= 11 is 0. The molecule has 1 N–H and O–H groups in total. The van der Waals surface area contributed by atoms with Crippen LogP contribution in [0.3, 0.4) is 0 Å². The van der Waals surface area contributed by atoms with Gasteiger partial charge in [0.2, 0.25) is 0 Å². The zero-order valence-corrected chi connectivity index (χ0v) is 15.8. The van der Waals surface area contributed by atoms with Gasteiger partial charge in [-0.1, -0.05) is 20.8 Å². The Balaban J connectivity index is 1.91. The van der Waals surface area contributed by atoms with E-state index in [1.165, 1.54) is 37.3 Å². The van der Waals surface area contributed by atoms with Crippen LogP contribution in [0.4, 0.5) is 5.69 Å². The number of benzene rings is 1. The van der Waals surface area contributed by atoms with Crippen LogP contribution in [0.2, 0.25) is 0 Å². The van der Waals surface area contributed by atoms with Crippen molar-refractivity contribution in [3.63, 3.8) is 0 Å². The fraction of sp³-hybridized carbons (Fsp3) is 0.684. The Morgan fingerprint density at radius 1 is 1.20 bits per heavy atom. The fourth-order valence-corrected chi connectivity index (χ4v) is 5.42. The number of quaternary nitrogens is 1. The zero-order valence-electron chi connectivity index (χ0n) is 15.8. The molecule has 1 aliphatic heterocycles. The maximum atomic E-state index is 11.6. The van der Waals surface area contributed by atoms with E-state index >= 15 is 0 Å². The average Bonchev–Trinajstić information content (AvgIpc) is 2.74. The third-order valence-corrected chi connectivity index (χ3v) is 5.87. The van der Waals surface area contributed by atoms with E-state index in [0.717, 1.165) is 12.1 Å². The predicted molar refractivity (Wildman–Crippen MR) is 95.3 cm³/mol. The van der Waals surface area contributed by atoms with Gasteiger partial charge in [0.05, 0.1) is 43.4 Å². The van der Waals surface area contributed by atoms with Gasteiger partial charge >= 0.3 is 0 Å². The number of nitro benzene ring substituents is 1. The number of hydrogen-bond acceptors (Lipinski definition) is 4. The van der Waals surface area contributed by atoms with Crippen molar-refractivity contribution in [2.75, 3.05) is 20.8 Å². The molecule has 6 nitrogen and oxygen atoms in total. The minimum Gasteiger partial charge on any atom is -0.493 e. The molecule has 3 atom stereocenters. The Bertz CT molecular complexity index is 688. The summed E-state index contributed by atoms with van der Waals surface area (Å²) in [6.45, 7) is 8.80. The molecule has 1 aliphatic carbocycles. The maximum absolute atomic E-state index is 11.6. The highest BCUT2D eigenvalue weighted by molar-refractivity contribution is 5.54. The molecule has 0 radical (unpaired) electrons. The lowest BCUT2D eigenvalue weighted by Crippen LogP contribution is -3.12. The van der Waals surface area contributed by atoms with E-state index in [0.29, 0.717) is 34.9 Å². The molecule has 6 heteroatoms. The fourth-order valence-electron chi connectivity index (χ4n) is 5.42. The van der Waals surface area contributed by atoms with Crippen LogP contribution >= 0.6 is 0 Å². The number of nitrogens with one attached hydrogen (secondary N) is 1. The Kier molecular flexibility index (Phi) is 4.43. The second-order valence-electron chi connectivity index (χ2n) is 8.86. The van der Waals surface area contributed by atoms with Gasteiger partial charge in [-0.05, 0) is 17.9 Å². The summed E-state index contributed by atoms with van der Waals surface area (Å²) < 4.78 is 10.6. The lowest BCUT2D eigenvalue weighted by atomic mass is 9.65. The van der Waals surface area contributed by atoms with Crippen molar-refractivity contribution in [3.05, 3.63) is 27.8 Å². The largest absolute Gasteiger partial charge is 0.493 e. The monoisotopic (exact) mass is 349 g/mol. The summed E-state index contributed by atoms with van der Waals surface area (Å²) in [7, 11) is 3.06. The van der Waals surface area contributed by atoms with Gasteiger partial charge in [-0.3, -0.25) is 10.1 Å². The van der Waals surface area contributed by atoms with E-state index in [9.17, 15) is 10.1 Å². The molecule has 1 heterocycles. The number of nitro groups is 1. The first kappa shape index (κ1) is 18.0. The first-order chi connectivity index (χ1) is 11.7. The highest BCUT2D eigenvalue weighted by atomic mass is 16.6. The lowest BCUT2D eigenvalue weighted by molar-refractivity contribution is -0.928. The molecule has 1 aromatic rings. The van der Waals surface area contributed by atoms with Gasteiger partial charge in [0.15, 0.2) is 11.5 Å². The van der Waals surface area contributed by atoms with Gasteiger partial charge in [-0.25, -0.2) is 0 Å². The van der Waals surface area contributed by atoms with Crippen molar-refractivity contribution in [1.82, 2.24) is 0 Å². The topological polar surface area (TPSA) is 66.0 Å². The molecule has 25 heavy (non-hydrogen) atoms. The van der Waals surface area contributed by atoms with Gasteiger partial charge in [0, 0.05) is 18.3 Å². The molecule has 1 unspecified atom stereocenters. The molecular weight excluding hydrogens is 320 g/mol. The highest BCUT2D eigenvalue weighted by Crippen LogP contribution is 2.47. The van der Waals surface area contributed by atoms with Crippen LogP contribution in [0.15, 0.2) is 12.1 Å². The van der Waals surface area contributed by atoms with Gasteiger partial charge in [0.25, 0.3) is 5.69 Å². The highest BCUT2D eigenvalue weighted by Gasteiger charge is 2.52. The van der Waals surface area contributed by atoms with Crippen molar-refractivity contribution in [2.24, 2.45) is 10.8 Å². The standard InChI is InChI=1S/C19H28N2O4/c1-18(2)8-14-9-19(3,11-18)12-20(14)10-13-6-16(24-4)17(25-5)7-15(13)21(22)23/h6-7,14H,8-12H2,1-5H3/p+1/t14-,19+/m1/s1. The lowest BCUT2D eigenvalue weighted by Gasteiger charge is -2.37. The first-order valence-electron chi connectivity index (χ1n) is 8.90. The normalized spacial score (nSPS) is 30.1. The first-order valence-corrected chi connectivity index (χ1v) is 8.90. The van der Waals surface area contributed by atoms with E-state index < -0.39 is 0 Å². The molecule has 0 spiro atoms. The molecule has 0 amide bonds. The Labute approximate surface area is 149 Å². The van der Waals surface area contributed by atoms with E-state index in [4.69, 9.17) is 9.47 Å². The Morgan fingerprint density at radius 3 is 2.44 bits per heavy atom. The second kappa shape index (κ2) is 6.16. The molecular formula is C19H29N2O4+. The summed E-state index contributed by atoms with van der Waals surface area (Å²) in [5.74, 6) is 0.956. The third kappa shape index (κ3) is 3.45. The van der Waals surface area contributed by atoms with Gasteiger partial charge in [0.1, 0.15) is 6.54 Å². The molecule has 1 saturated heterocycles. The molecule has 2 fully saturated rings. The quantitative estimate of drug-likeness (QED) is 0.655. The molecule has 1 saturated carbocycles. The number of likely N-dealkylation sites (tertiary alicyclic amines) is 1. The molecule has 138 valence electrons. The van der Waals surface area contributed by atoms with Crippen LogP contribution < -0.4 is 14.4 Å². The van der Waals surface area contributed by atoms with Gasteiger partial charge in [-0.15, -0.1) is 0 Å². The maximum Gasteiger partial charge on any atom is 0.282 e. The van der Waals surface area contributed by atoms with Crippen LogP contribution in [0, 0.1) is 20.9 Å². The number of nitrogens with zero attached hydrogens (tertiary/aromatic N) is 1. The Hall–Kier alpha value is -1.82. The molecule has 0 aromatic heterocycles. The summed E-state index contributed by atoms with van der Waals surface area (Å²) in [6.07, 6.45) is 3.62. The number of ether oxygens (including phenoxy) is 2. The van der Waals surface area contributed by atoms with Crippen molar-refractivity contribution >= 4 is 5.69 Å². The zero-order chi connectivity index (χ0) is 18.4. The molecule has 1 aromatic carbocycles. The summed E-state index contributed by atoms with van der Waals surface area (Å²) in [5.41, 5.74) is 1.54. The molecule has 2 aliphatic rings. The van der Waals surface area contributed by atoms with Gasteiger partial charge in [-0.2, -0.15) is 0 Å².